The van der Waals surface area contributed by atoms with E-state index in [-0.39, 0.29) is 0 Å². The predicted molar refractivity (Wildman–Crippen MR) is 64.3 cm³/mol. The van der Waals surface area contributed by atoms with Gasteiger partial charge in [0, 0.05) is 12.1 Å². The van der Waals surface area contributed by atoms with Crippen molar-refractivity contribution in [1.82, 2.24) is 0 Å². The lowest BCUT2D eigenvalue weighted by molar-refractivity contribution is 0.326. The second-order valence-electron chi connectivity index (χ2n) is 3.84. The fourth-order valence-electron chi connectivity index (χ4n) is 1.20. The smallest absolute Gasteiger partial charge is 0.216 e. The highest BCUT2D eigenvalue weighted by molar-refractivity contribution is 5.94. The van der Waals surface area contributed by atoms with Gasteiger partial charge in [0.1, 0.15) is 0 Å². The zero-order valence-corrected chi connectivity index (χ0v) is 9.73. The van der Waals surface area contributed by atoms with Crippen molar-refractivity contribution in [3.8, 4) is 0 Å². The molecule has 0 bridgehead atoms. The first-order valence-electron chi connectivity index (χ1n) is 5.46. The number of nitrogens with zero attached hydrogens (tertiary/aromatic N) is 1. The van der Waals surface area contributed by atoms with Gasteiger partial charge in [0.25, 0.3) is 0 Å². The summed E-state index contributed by atoms with van der Waals surface area (Å²) >= 11 is 0. The van der Waals surface area contributed by atoms with Crippen LogP contribution in [0.25, 0.3) is 0 Å². The van der Waals surface area contributed by atoms with Gasteiger partial charge in [0.2, 0.25) is 5.90 Å². The second-order valence-corrected chi connectivity index (χ2v) is 3.84. The third-order valence-electron chi connectivity index (χ3n) is 1.90. The molecule has 2 heteroatoms. The van der Waals surface area contributed by atoms with E-state index in [1.165, 1.54) is 0 Å². The van der Waals surface area contributed by atoms with Gasteiger partial charge in [-0.2, -0.15) is 0 Å². The number of rotatable bonds is 4. The van der Waals surface area contributed by atoms with Crippen molar-refractivity contribution in [2.24, 2.45) is 10.9 Å². The summed E-state index contributed by atoms with van der Waals surface area (Å²) in [5.74, 6) is 1.32. The summed E-state index contributed by atoms with van der Waals surface area (Å²) < 4.78 is 5.53. The van der Waals surface area contributed by atoms with Crippen molar-refractivity contribution in [3.05, 3.63) is 35.9 Å². The SMILES string of the molecule is CCOC(=NCC(C)C)c1ccccc1. The van der Waals surface area contributed by atoms with E-state index in [0.717, 1.165) is 18.0 Å². The Hall–Kier alpha value is -1.31. The van der Waals surface area contributed by atoms with Gasteiger partial charge in [-0.25, -0.2) is 0 Å². The van der Waals surface area contributed by atoms with Gasteiger partial charge in [0.05, 0.1) is 6.61 Å². The summed E-state index contributed by atoms with van der Waals surface area (Å²) in [6.45, 7) is 7.75. The summed E-state index contributed by atoms with van der Waals surface area (Å²) in [6.07, 6.45) is 0. The Labute approximate surface area is 92.0 Å². The zero-order valence-electron chi connectivity index (χ0n) is 9.73. The minimum atomic E-state index is 0.559. The molecule has 0 spiro atoms. The van der Waals surface area contributed by atoms with E-state index >= 15 is 0 Å². The molecule has 0 saturated heterocycles. The van der Waals surface area contributed by atoms with E-state index in [9.17, 15) is 0 Å². The first-order chi connectivity index (χ1) is 7.24. The van der Waals surface area contributed by atoms with E-state index in [4.69, 9.17) is 4.74 Å². The summed E-state index contributed by atoms with van der Waals surface area (Å²) in [6, 6.07) is 10.0. The first-order valence-corrected chi connectivity index (χ1v) is 5.46. The molecular formula is C13H19NO. The number of ether oxygens (including phenoxy) is 1. The van der Waals surface area contributed by atoms with Crippen LogP contribution in [0.15, 0.2) is 35.3 Å². The van der Waals surface area contributed by atoms with Crippen LogP contribution in [0.4, 0.5) is 0 Å². The Bertz CT molecular complexity index is 304. The normalized spacial score (nSPS) is 11.9. The van der Waals surface area contributed by atoms with Gasteiger partial charge < -0.3 is 4.74 Å². The van der Waals surface area contributed by atoms with Crippen LogP contribution < -0.4 is 0 Å². The Morgan fingerprint density at radius 3 is 2.47 bits per heavy atom. The molecule has 1 aromatic carbocycles. The van der Waals surface area contributed by atoms with Crippen LogP contribution >= 0.6 is 0 Å². The van der Waals surface area contributed by atoms with Crippen LogP contribution in [-0.4, -0.2) is 19.0 Å². The molecule has 0 aromatic heterocycles. The molecule has 0 aliphatic heterocycles. The maximum atomic E-state index is 5.53. The molecule has 15 heavy (non-hydrogen) atoms. The molecule has 0 amide bonds. The Kier molecular flexibility index (Phi) is 4.88. The van der Waals surface area contributed by atoms with E-state index in [1.54, 1.807) is 0 Å². The molecule has 1 rings (SSSR count). The zero-order chi connectivity index (χ0) is 11.1. The molecule has 0 aliphatic rings. The molecule has 0 unspecified atom stereocenters. The third kappa shape index (κ3) is 4.15. The van der Waals surface area contributed by atoms with Crippen LogP contribution in [0.3, 0.4) is 0 Å². The number of hydrogen-bond acceptors (Lipinski definition) is 2. The van der Waals surface area contributed by atoms with E-state index in [1.807, 2.05) is 37.3 Å². The van der Waals surface area contributed by atoms with Crippen LogP contribution in [-0.2, 0) is 4.74 Å². The van der Waals surface area contributed by atoms with Crippen LogP contribution in [0.2, 0.25) is 0 Å². The highest BCUT2D eigenvalue weighted by atomic mass is 16.5. The minimum Gasteiger partial charge on any atom is -0.478 e. The third-order valence-corrected chi connectivity index (χ3v) is 1.90. The summed E-state index contributed by atoms with van der Waals surface area (Å²) in [7, 11) is 0. The standard InChI is InChI=1S/C13H19NO/c1-4-15-13(14-10-11(2)3)12-8-6-5-7-9-12/h5-9,11H,4,10H2,1-3H3. The van der Waals surface area contributed by atoms with Gasteiger partial charge in [-0.1, -0.05) is 32.0 Å². The average Bonchev–Trinajstić information content (AvgIpc) is 2.25. The minimum absolute atomic E-state index is 0.559. The molecule has 82 valence electrons. The number of hydrogen-bond donors (Lipinski definition) is 0. The van der Waals surface area contributed by atoms with E-state index < -0.39 is 0 Å². The molecule has 0 aliphatic carbocycles. The van der Waals surface area contributed by atoms with Crippen molar-refractivity contribution in [2.45, 2.75) is 20.8 Å². The van der Waals surface area contributed by atoms with Gasteiger partial charge in [-0.15, -0.1) is 0 Å². The summed E-state index contributed by atoms with van der Waals surface area (Å²) in [4.78, 5) is 4.48. The molecule has 1 aromatic rings. The highest BCUT2D eigenvalue weighted by Crippen LogP contribution is 2.04. The second kappa shape index (κ2) is 6.23. The van der Waals surface area contributed by atoms with Gasteiger partial charge in [-0.3, -0.25) is 4.99 Å². The molecule has 0 N–H and O–H groups in total. The fourth-order valence-corrected chi connectivity index (χ4v) is 1.20. The van der Waals surface area contributed by atoms with Crippen molar-refractivity contribution in [3.63, 3.8) is 0 Å². The predicted octanol–water partition coefficient (Wildman–Crippen LogP) is 3.13. The van der Waals surface area contributed by atoms with Crippen LogP contribution in [0.1, 0.15) is 26.3 Å². The molecule has 0 radical (unpaired) electrons. The van der Waals surface area contributed by atoms with E-state index in [0.29, 0.717) is 12.5 Å². The molecule has 2 nitrogen and oxygen atoms in total. The molecule has 0 atom stereocenters. The lowest BCUT2D eigenvalue weighted by atomic mass is 10.2. The van der Waals surface area contributed by atoms with Gasteiger partial charge >= 0.3 is 0 Å². The summed E-state index contributed by atoms with van der Waals surface area (Å²) in [5, 5.41) is 0. The van der Waals surface area contributed by atoms with Crippen molar-refractivity contribution in [1.29, 1.82) is 0 Å². The van der Waals surface area contributed by atoms with Crippen molar-refractivity contribution >= 4 is 5.90 Å². The lowest BCUT2D eigenvalue weighted by Gasteiger charge is -2.08. The lowest BCUT2D eigenvalue weighted by Crippen LogP contribution is -2.08. The number of benzene rings is 1. The average molecular weight is 205 g/mol. The molecule has 0 heterocycles. The first kappa shape index (κ1) is 11.8. The Morgan fingerprint density at radius 1 is 1.27 bits per heavy atom. The van der Waals surface area contributed by atoms with Crippen molar-refractivity contribution in [2.75, 3.05) is 13.2 Å². The van der Waals surface area contributed by atoms with Gasteiger partial charge in [0.15, 0.2) is 0 Å². The monoisotopic (exact) mass is 205 g/mol. The molecule has 0 fully saturated rings. The van der Waals surface area contributed by atoms with Crippen LogP contribution in [0.5, 0.6) is 0 Å². The topological polar surface area (TPSA) is 21.6 Å². The number of aliphatic imine (C=N–C) groups is 1. The van der Waals surface area contributed by atoms with Gasteiger partial charge in [-0.05, 0) is 25.0 Å². The van der Waals surface area contributed by atoms with Crippen LogP contribution in [0, 0.1) is 5.92 Å². The summed E-state index contributed by atoms with van der Waals surface area (Å²) in [5.41, 5.74) is 1.06. The highest BCUT2D eigenvalue weighted by Gasteiger charge is 2.03. The quantitative estimate of drug-likeness (QED) is 0.546. The molecular weight excluding hydrogens is 186 g/mol. The van der Waals surface area contributed by atoms with E-state index in [2.05, 4.69) is 18.8 Å². The maximum absolute atomic E-state index is 5.53. The Balaban J connectivity index is 2.78. The Morgan fingerprint density at radius 2 is 1.93 bits per heavy atom. The molecule has 0 saturated carbocycles. The fraction of sp³-hybridized carbons (Fsp3) is 0.462. The maximum Gasteiger partial charge on any atom is 0.216 e. The van der Waals surface area contributed by atoms with Crippen molar-refractivity contribution < 1.29 is 4.74 Å². The largest absolute Gasteiger partial charge is 0.478 e.